The van der Waals surface area contributed by atoms with E-state index < -0.39 is 5.97 Å². The first kappa shape index (κ1) is 21.8. The molecule has 2 aromatic carbocycles. The van der Waals surface area contributed by atoms with Crippen LogP contribution in [-0.4, -0.2) is 27.7 Å². The van der Waals surface area contributed by atoms with Crippen LogP contribution >= 0.6 is 12.2 Å². The van der Waals surface area contributed by atoms with Crippen molar-refractivity contribution in [2.45, 2.75) is 12.1 Å². The lowest BCUT2D eigenvalue weighted by atomic mass is 10.0. The van der Waals surface area contributed by atoms with E-state index in [9.17, 15) is 9.18 Å². The monoisotopic (exact) mass is 472 g/mol. The molecule has 0 aliphatic carbocycles. The van der Waals surface area contributed by atoms with E-state index in [1.54, 1.807) is 30.5 Å². The van der Waals surface area contributed by atoms with E-state index in [0.29, 0.717) is 16.4 Å². The fourth-order valence-electron chi connectivity index (χ4n) is 4.36. The minimum absolute atomic E-state index is 0.280. The summed E-state index contributed by atoms with van der Waals surface area (Å²) >= 11 is 5.74. The summed E-state index contributed by atoms with van der Waals surface area (Å²) in [6.07, 6.45) is 3.64. The zero-order chi connectivity index (χ0) is 23.7. The summed E-state index contributed by atoms with van der Waals surface area (Å²) in [7, 11) is 1.36. The number of benzene rings is 2. The zero-order valence-electron chi connectivity index (χ0n) is 18.3. The average molecular weight is 473 g/mol. The minimum atomic E-state index is -0.424. The van der Waals surface area contributed by atoms with Crippen molar-refractivity contribution < 1.29 is 13.9 Å². The van der Waals surface area contributed by atoms with Gasteiger partial charge in [-0.2, -0.15) is 0 Å². The van der Waals surface area contributed by atoms with Crippen LogP contribution in [0.15, 0.2) is 91.3 Å². The third-order valence-electron chi connectivity index (χ3n) is 5.86. The molecule has 0 saturated carbocycles. The van der Waals surface area contributed by atoms with Crippen molar-refractivity contribution in [3.8, 4) is 5.69 Å². The molecule has 4 aromatic rings. The van der Waals surface area contributed by atoms with Crippen molar-refractivity contribution in [2.75, 3.05) is 12.0 Å². The van der Waals surface area contributed by atoms with Crippen LogP contribution in [-0.2, 0) is 4.74 Å². The number of para-hydroxylation sites is 1. The summed E-state index contributed by atoms with van der Waals surface area (Å²) in [6.45, 7) is 0. The van der Waals surface area contributed by atoms with Crippen LogP contribution in [0.5, 0.6) is 0 Å². The van der Waals surface area contributed by atoms with Gasteiger partial charge in [0, 0.05) is 23.8 Å². The second-order valence-electron chi connectivity index (χ2n) is 7.78. The Hall–Kier alpha value is -4.04. The number of methoxy groups -OCH3 is 1. The molecule has 2 aromatic heterocycles. The molecule has 0 spiro atoms. The fraction of sp³-hybridized carbons (Fsp3) is 0.115. The Morgan fingerprint density at radius 3 is 2.53 bits per heavy atom. The topological polar surface area (TPSA) is 59.4 Å². The van der Waals surface area contributed by atoms with E-state index in [1.807, 2.05) is 58.1 Å². The van der Waals surface area contributed by atoms with E-state index in [-0.39, 0.29) is 17.9 Å². The van der Waals surface area contributed by atoms with Crippen molar-refractivity contribution in [3.63, 3.8) is 0 Å². The number of rotatable bonds is 5. The number of esters is 1. The average Bonchev–Trinajstić information content (AvgIpc) is 3.49. The Balaban J connectivity index is 1.69. The van der Waals surface area contributed by atoms with Gasteiger partial charge in [0.05, 0.1) is 30.1 Å². The van der Waals surface area contributed by atoms with Gasteiger partial charge in [0.25, 0.3) is 0 Å². The minimum Gasteiger partial charge on any atom is -0.465 e. The second-order valence-corrected chi connectivity index (χ2v) is 8.17. The Morgan fingerprint density at radius 1 is 1.03 bits per heavy atom. The smallest absolute Gasteiger partial charge is 0.339 e. The van der Waals surface area contributed by atoms with Gasteiger partial charge >= 0.3 is 5.97 Å². The fourth-order valence-corrected chi connectivity index (χ4v) is 4.70. The number of ether oxygens (including phenoxy) is 1. The quantitative estimate of drug-likeness (QED) is 0.327. The number of nitrogens with zero attached hydrogens (tertiary/aromatic N) is 3. The van der Waals surface area contributed by atoms with Crippen LogP contribution in [0.3, 0.4) is 0 Å². The van der Waals surface area contributed by atoms with Crippen LogP contribution in [0.4, 0.5) is 10.1 Å². The van der Waals surface area contributed by atoms with Crippen LogP contribution in [0.1, 0.15) is 33.8 Å². The van der Waals surface area contributed by atoms with Crippen LogP contribution < -0.4 is 10.2 Å². The first-order valence-electron chi connectivity index (χ1n) is 10.7. The lowest BCUT2D eigenvalue weighted by Gasteiger charge is -2.29. The van der Waals surface area contributed by atoms with Crippen molar-refractivity contribution in [3.05, 3.63) is 114 Å². The van der Waals surface area contributed by atoms with Crippen LogP contribution in [0.2, 0.25) is 0 Å². The molecule has 3 heterocycles. The molecule has 170 valence electrons. The molecule has 1 aliphatic rings. The van der Waals surface area contributed by atoms with Gasteiger partial charge in [0.15, 0.2) is 5.11 Å². The normalized spacial score (nSPS) is 17.5. The van der Waals surface area contributed by atoms with Crippen molar-refractivity contribution in [1.29, 1.82) is 0 Å². The number of carbonyl (C=O) groups is 1. The molecule has 8 heteroatoms. The van der Waals surface area contributed by atoms with Crippen molar-refractivity contribution in [1.82, 2.24) is 14.9 Å². The third kappa shape index (κ3) is 3.82. The van der Waals surface area contributed by atoms with E-state index in [0.717, 1.165) is 17.1 Å². The number of halogens is 1. The molecule has 34 heavy (non-hydrogen) atoms. The van der Waals surface area contributed by atoms with E-state index in [1.165, 1.54) is 19.2 Å². The molecule has 0 radical (unpaired) electrons. The number of thiocarbonyl (C=S) groups is 1. The van der Waals surface area contributed by atoms with Crippen LogP contribution in [0.25, 0.3) is 5.69 Å². The summed E-state index contributed by atoms with van der Waals surface area (Å²) in [5.74, 6) is -0.748. The van der Waals surface area contributed by atoms with Gasteiger partial charge in [-0.15, -0.1) is 0 Å². The predicted octanol–water partition coefficient (Wildman–Crippen LogP) is 4.98. The zero-order valence-corrected chi connectivity index (χ0v) is 19.1. The number of carbonyl (C=O) groups excluding carboxylic acids is 1. The first-order valence-corrected chi connectivity index (χ1v) is 11.1. The molecule has 1 saturated heterocycles. The van der Waals surface area contributed by atoms with Gasteiger partial charge in [-0.25, -0.2) is 9.18 Å². The number of aromatic nitrogens is 2. The van der Waals surface area contributed by atoms with Gasteiger partial charge < -0.3 is 19.5 Å². The lowest BCUT2D eigenvalue weighted by molar-refractivity contribution is 0.0600. The predicted molar refractivity (Wildman–Crippen MR) is 131 cm³/mol. The molecule has 1 aliphatic heterocycles. The van der Waals surface area contributed by atoms with E-state index >= 15 is 0 Å². The highest BCUT2D eigenvalue weighted by molar-refractivity contribution is 7.80. The molecule has 1 fully saturated rings. The number of pyridine rings is 1. The SMILES string of the molecule is COC(=O)c1ccccc1-n1cccc1C1C(c2ccccn2)NC(=S)N1c1ccc(F)cc1. The van der Waals surface area contributed by atoms with Gasteiger partial charge in [0.1, 0.15) is 11.9 Å². The maximum absolute atomic E-state index is 13.7. The van der Waals surface area contributed by atoms with E-state index in [2.05, 4.69) is 10.3 Å². The number of anilines is 1. The Morgan fingerprint density at radius 2 is 1.79 bits per heavy atom. The molecule has 2 atom stereocenters. The highest BCUT2D eigenvalue weighted by Gasteiger charge is 2.42. The maximum atomic E-state index is 13.7. The first-order chi connectivity index (χ1) is 16.6. The maximum Gasteiger partial charge on any atom is 0.339 e. The molecule has 6 nitrogen and oxygen atoms in total. The molecule has 2 unspecified atom stereocenters. The van der Waals surface area contributed by atoms with Gasteiger partial charge in [-0.3, -0.25) is 4.98 Å². The molecule has 1 N–H and O–H groups in total. The molecule has 0 bridgehead atoms. The summed E-state index contributed by atoms with van der Waals surface area (Å²) < 4.78 is 20.7. The standard InChI is InChI=1S/C26H21FN4O2S/c1-33-25(32)19-7-2-3-9-21(19)30-16-6-10-22(30)24-23(20-8-4-5-15-28-20)29-26(34)31(24)18-13-11-17(27)12-14-18/h2-16,23-24H,1H3,(H,29,34). The lowest BCUT2D eigenvalue weighted by Crippen LogP contribution is -2.30. The highest BCUT2D eigenvalue weighted by atomic mass is 32.1. The highest BCUT2D eigenvalue weighted by Crippen LogP contribution is 2.42. The van der Waals surface area contributed by atoms with Gasteiger partial charge in [-0.1, -0.05) is 18.2 Å². The van der Waals surface area contributed by atoms with Gasteiger partial charge in [-0.05, 0) is 72.9 Å². The molecular weight excluding hydrogens is 451 g/mol. The molecular formula is C26H21FN4O2S. The molecule has 5 rings (SSSR count). The Labute approximate surface area is 201 Å². The largest absolute Gasteiger partial charge is 0.465 e. The van der Waals surface area contributed by atoms with E-state index in [4.69, 9.17) is 17.0 Å². The van der Waals surface area contributed by atoms with Crippen molar-refractivity contribution in [2.24, 2.45) is 0 Å². The number of nitrogens with one attached hydrogen (secondary N) is 1. The summed E-state index contributed by atoms with van der Waals surface area (Å²) in [5, 5.41) is 3.90. The number of hydrogen-bond acceptors (Lipinski definition) is 4. The van der Waals surface area contributed by atoms with Gasteiger partial charge in [0.2, 0.25) is 0 Å². The van der Waals surface area contributed by atoms with Crippen LogP contribution in [0, 0.1) is 5.82 Å². The summed E-state index contributed by atoms with van der Waals surface area (Å²) in [6, 6.07) is 22.5. The molecule has 0 amide bonds. The summed E-state index contributed by atoms with van der Waals surface area (Å²) in [4.78, 5) is 19.0. The summed E-state index contributed by atoms with van der Waals surface area (Å²) in [5.41, 5.74) is 3.57. The second kappa shape index (κ2) is 9.07. The van der Waals surface area contributed by atoms with Crippen molar-refractivity contribution >= 4 is 29.0 Å². The number of hydrogen-bond donors (Lipinski definition) is 1. The Kier molecular flexibility index (Phi) is 5.81. The Bertz CT molecular complexity index is 1340. The third-order valence-corrected chi connectivity index (χ3v) is 6.17.